The second kappa shape index (κ2) is 4.67. The maximum absolute atomic E-state index is 13.3. The summed E-state index contributed by atoms with van der Waals surface area (Å²) in [7, 11) is 0. The first-order chi connectivity index (χ1) is 9.67. The van der Waals surface area contributed by atoms with E-state index in [2.05, 4.69) is 11.2 Å². The monoisotopic (exact) mass is 266 g/mol. The summed E-state index contributed by atoms with van der Waals surface area (Å²) in [5.74, 6) is -0.366. The van der Waals surface area contributed by atoms with Gasteiger partial charge >= 0.3 is 0 Å². The lowest BCUT2D eigenvalue weighted by atomic mass is 10.1. The first kappa shape index (κ1) is 12.2. The Morgan fingerprint density at radius 2 is 2.10 bits per heavy atom. The summed E-state index contributed by atoms with van der Waals surface area (Å²) in [5, 5.41) is 14.3. The van der Waals surface area contributed by atoms with Crippen LogP contribution >= 0.6 is 0 Å². The smallest absolute Gasteiger partial charge is 0.123 e. The number of nitrogens with zero attached hydrogens (tertiary/aromatic N) is 3. The molecule has 2 N–H and O–H groups in total. The Bertz CT molecular complexity index is 829. The Morgan fingerprint density at radius 3 is 2.90 bits per heavy atom. The standard InChI is InChI=1S/C15H11FN4/c16-13-3-1-10(7-17)12(5-13)9-20-15-6-14(18)4-2-11(15)8-19-20/h1-6,8H,9,18H2. The van der Waals surface area contributed by atoms with Crippen molar-refractivity contribution in [3.8, 4) is 6.07 Å². The lowest BCUT2D eigenvalue weighted by Crippen LogP contribution is -2.04. The largest absolute Gasteiger partial charge is 0.399 e. The third-order valence-corrected chi connectivity index (χ3v) is 3.18. The second-order valence-corrected chi connectivity index (χ2v) is 4.53. The zero-order valence-electron chi connectivity index (χ0n) is 10.5. The quantitative estimate of drug-likeness (QED) is 0.725. The van der Waals surface area contributed by atoms with Crippen molar-refractivity contribution in [2.24, 2.45) is 0 Å². The van der Waals surface area contributed by atoms with Gasteiger partial charge in [0, 0.05) is 11.1 Å². The molecule has 0 unspecified atom stereocenters. The molecule has 1 heterocycles. The molecule has 2 aromatic carbocycles. The Hall–Kier alpha value is -2.87. The van der Waals surface area contributed by atoms with Gasteiger partial charge in [-0.25, -0.2) is 4.39 Å². The highest BCUT2D eigenvalue weighted by Gasteiger charge is 2.08. The van der Waals surface area contributed by atoms with Crippen LogP contribution in [0.25, 0.3) is 10.9 Å². The number of aromatic nitrogens is 2. The summed E-state index contributed by atoms with van der Waals surface area (Å²) >= 11 is 0. The lowest BCUT2D eigenvalue weighted by Gasteiger charge is -2.06. The maximum Gasteiger partial charge on any atom is 0.123 e. The van der Waals surface area contributed by atoms with Crippen LogP contribution in [-0.4, -0.2) is 9.78 Å². The summed E-state index contributed by atoms with van der Waals surface area (Å²) in [6, 6.07) is 11.7. The fraction of sp³-hybridized carbons (Fsp3) is 0.0667. The van der Waals surface area contributed by atoms with Gasteiger partial charge in [0.15, 0.2) is 0 Å². The zero-order valence-corrected chi connectivity index (χ0v) is 10.5. The van der Waals surface area contributed by atoms with Crippen LogP contribution < -0.4 is 5.73 Å². The molecule has 0 radical (unpaired) electrons. The average Bonchev–Trinajstić information content (AvgIpc) is 2.82. The van der Waals surface area contributed by atoms with Gasteiger partial charge in [0.05, 0.1) is 29.9 Å². The van der Waals surface area contributed by atoms with Crippen molar-refractivity contribution in [3.63, 3.8) is 0 Å². The van der Waals surface area contributed by atoms with Gasteiger partial charge in [-0.1, -0.05) is 0 Å². The van der Waals surface area contributed by atoms with E-state index in [-0.39, 0.29) is 5.82 Å². The molecule has 5 heteroatoms. The molecule has 0 saturated heterocycles. The lowest BCUT2D eigenvalue weighted by molar-refractivity contribution is 0.620. The van der Waals surface area contributed by atoms with E-state index in [0.717, 1.165) is 10.9 Å². The molecule has 3 aromatic rings. The van der Waals surface area contributed by atoms with Crippen molar-refractivity contribution in [1.82, 2.24) is 9.78 Å². The van der Waals surface area contributed by atoms with Crippen LogP contribution in [0.4, 0.5) is 10.1 Å². The third-order valence-electron chi connectivity index (χ3n) is 3.18. The maximum atomic E-state index is 13.3. The van der Waals surface area contributed by atoms with Crippen molar-refractivity contribution >= 4 is 16.6 Å². The SMILES string of the molecule is N#Cc1ccc(F)cc1Cn1ncc2ccc(N)cc21. The summed E-state index contributed by atoms with van der Waals surface area (Å²) in [6.07, 6.45) is 1.72. The molecule has 0 fully saturated rings. The fourth-order valence-corrected chi connectivity index (χ4v) is 2.18. The minimum Gasteiger partial charge on any atom is -0.399 e. The number of anilines is 1. The molecular formula is C15H11FN4. The molecule has 0 saturated carbocycles. The van der Waals surface area contributed by atoms with E-state index in [1.807, 2.05) is 12.1 Å². The van der Waals surface area contributed by atoms with Gasteiger partial charge in [0.2, 0.25) is 0 Å². The minimum absolute atomic E-state index is 0.327. The highest BCUT2D eigenvalue weighted by molar-refractivity contribution is 5.81. The van der Waals surface area contributed by atoms with E-state index in [0.29, 0.717) is 23.4 Å². The van der Waals surface area contributed by atoms with Gasteiger partial charge < -0.3 is 5.73 Å². The molecule has 0 aliphatic carbocycles. The molecule has 98 valence electrons. The van der Waals surface area contributed by atoms with Gasteiger partial charge in [-0.05, 0) is 42.0 Å². The molecule has 4 nitrogen and oxygen atoms in total. The summed E-state index contributed by atoms with van der Waals surface area (Å²) in [5.41, 5.74) is 8.31. The number of nitrogens with two attached hydrogens (primary N) is 1. The van der Waals surface area contributed by atoms with E-state index >= 15 is 0 Å². The van der Waals surface area contributed by atoms with Crippen LogP contribution in [0, 0.1) is 17.1 Å². The topological polar surface area (TPSA) is 67.6 Å². The summed E-state index contributed by atoms with van der Waals surface area (Å²) in [4.78, 5) is 0. The Morgan fingerprint density at radius 1 is 1.25 bits per heavy atom. The molecular weight excluding hydrogens is 255 g/mol. The number of benzene rings is 2. The Kier molecular flexibility index (Phi) is 2.84. The predicted molar refractivity (Wildman–Crippen MR) is 74.4 cm³/mol. The number of hydrogen-bond donors (Lipinski definition) is 1. The van der Waals surface area contributed by atoms with Gasteiger partial charge in [0.25, 0.3) is 0 Å². The molecule has 0 bridgehead atoms. The number of nitriles is 1. The molecule has 20 heavy (non-hydrogen) atoms. The molecule has 3 rings (SSSR count). The van der Waals surface area contributed by atoms with Gasteiger partial charge in [0.1, 0.15) is 5.82 Å². The molecule has 0 aliphatic rings. The van der Waals surface area contributed by atoms with Gasteiger partial charge in [-0.3, -0.25) is 4.68 Å². The summed E-state index contributed by atoms with van der Waals surface area (Å²) < 4.78 is 15.0. The number of halogens is 1. The van der Waals surface area contributed by atoms with Crippen LogP contribution in [0.1, 0.15) is 11.1 Å². The Balaban J connectivity index is 2.08. The summed E-state index contributed by atoms with van der Waals surface area (Å²) in [6.45, 7) is 0.327. The highest BCUT2D eigenvalue weighted by Crippen LogP contribution is 2.19. The zero-order chi connectivity index (χ0) is 14.1. The van der Waals surface area contributed by atoms with Crippen molar-refractivity contribution in [1.29, 1.82) is 5.26 Å². The number of rotatable bonds is 2. The van der Waals surface area contributed by atoms with Gasteiger partial charge in [-0.2, -0.15) is 10.4 Å². The van der Waals surface area contributed by atoms with Crippen molar-refractivity contribution in [2.45, 2.75) is 6.54 Å². The predicted octanol–water partition coefficient (Wildman–Crippen LogP) is 2.68. The fourth-order valence-electron chi connectivity index (χ4n) is 2.18. The van der Waals surface area contributed by atoms with Crippen LogP contribution in [-0.2, 0) is 6.54 Å². The van der Waals surface area contributed by atoms with Crippen LogP contribution in [0.2, 0.25) is 0 Å². The van der Waals surface area contributed by atoms with Crippen molar-refractivity contribution < 1.29 is 4.39 Å². The minimum atomic E-state index is -0.366. The van der Waals surface area contributed by atoms with E-state index in [1.165, 1.54) is 18.2 Å². The molecule has 0 spiro atoms. The van der Waals surface area contributed by atoms with Crippen LogP contribution in [0.5, 0.6) is 0 Å². The molecule has 0 aliphatic heterocycles. The first-order valence-electron chi connectivity index (χ1n) is 6.07. The van der Waals surface area contributed by atoms with E-state index in [1.54, 1.807) is 16.9 Å². The van der Waals surface area contributed by atoms with E-state index in [4.69, 9.17) is 11.0 Å². The number of nitrogen functional groups attached to an aromatic ring is 1. The average molecular weight is 266 g/mol. The Labute approximate surface area is 114 Å². The van der Waals surface area contributed by atoms with Gasteiger partial charge in [-0.15, -0.1) is 0 Å². The van der Waals surface area contributed by atoms with Crippen LogP contribution in [0.15, 0.2) is 42.6 Å². The van der Waals surface area contributed by atoms with Crippen molar-refractivity contribution in [2.75, 3.05) is 5.73 Å². The van der Waals surface area contributed by atoms with Crippen LogP contribution in [0.3, 0.4) is 0 Å². The van der Waals surface area contributed by atoms with E-state index < -0.39 is 0 Å². The molecule has 1 aromatic heterocycles. The molecule has 0 atom stereocenters. The second-order valence-electron chi connectivity index (χ2n) is 4.53. The van der Waals surface area contributed by atoms with Crippen molar-refractivity contribution in [3.05, 3.63) is 59.5 Å². The normalized spacial score (nSPS) is 10.6. The number of fused-ring (bicyclic) bond motifs is 1. The highest BCUT2D eigenvalue weighted by atomic mass is 19.1. The number of hydrogen-bond acceptors (Lipinski definition) is 3. The first-order valence-corrected chi connectivity index (χ1v) is 6.07. The third kappa shape index (κ3) is 2.08. The van der Waals surface area contributed by atoms with E-state index in [9.17, 15) is 4.39 Å². The molecule has 0 amide bonds.